The summed E-state index contributed by atoms with van der Waals surface area (Å²) in [5.74, 6) is 0.412. The summed E-state index contributed by atoms with van der Waals surface area (Å²) in [6, 6.07) is 1.54. The number of hydrogen-bond donors (Lipinski definition) is 0. The van der Waals surface area contributed by atoms with Crippen LogP contribution >= 0.6 is 0 Å². The van der Waals surface area contributed by atoms with Gasteiger partial charge in [0.1, 0.15) is 5.76 Å². The Morgan fingerprint density at radius 1 is 1.35 bits per heavy atom. The van der Waals surface area contributed by atoms with Gasteiger partial charge in [-0.25, -0.2) is 17.5 Å². The highest BCUT2D eigenvalue weighted by molar-refractivity contribution is 7.89. The SMILES string of the molecule is CCS(=O)(=O)N1CCC(n2nc(-c3ccoc3C)oc2=O)CC1. The molecule has 1 aliphatic heterocycles. The largest absolute Gasteiger partial charge is 0.469 e. The van der Waals surface area contributed by atoms with Gasteiger partial charge in [-0.1, -0.05) is 0 Å². The van der Waals surface area contributed by atoms with Crippen molar-refractivity contribution in [1.82, 2.24) is 14.1 Å². The van der Waals surface area contributed by atoms with E-state index in [0.717, 1.165) is 0 Å². The van der Waals surface area contributed by atoms with Gasteiger partial charge in [-0.3, -0.25) is 0 Å². The van der Waals surface area contributed by atoms with Crippen molar-refractivity contribution in [3.05, 3.63) is 28.6 Å². The van der Waals surface area contributed by atoms with Gasteiger partial charge in [-0.05, 0) is 32.8 Å². The van der Waals surface area contributed by atoms with Crippen LogP contribution in [0, 0.1) is 6.92 Å². The molecule has 0 spiro atoms. The summed E-state index contributed by atoms with van der Waals surface area (Å²) in [4.78, 5) is 12.1. The van der Waals surface area contributed by atoms with Crippen molar-refractivity contribution >= 4 is 10.0 Å². The predicted molar refractivity (Wildman–Crippen MR) is 82.5 cm³/mol. The zero-order valence-electron chi connectivity index (χ0n) is 13.1. The lowest BCUT2D eigenvalue weighted by molar-refractivity contribution is 0.252. The summed E-state index contributed by atoms with van der Waals surface area (Å²) >= 11 is 0. The van der Waals surface area contributed by atoms with E-state index in [1.165, 1.54) is 15.3 Å². The van der Waals surface area contributed by atoms with E-state index in [9.17, 15) is 13.2 Å². The van der Waals surface area contributed by atoms with E-state index < -0.39 is 15.8 Å². The third-order valence-corrected chi connectivity index (χ3v) is 6.07. The van der Waals surface area contributed by atoms with E-state index in [1.807, 2.05) is 0 Å². The van der Waals surface area contributed by atoms with Gasteiger partial charge in [0.25, 0.3) is 5.89 Å². The summed E-state index contributed by atoms with van der Waals surface area (Å²) in [6.07, 6.45) is 2.59. The zero-order chi connectivity index (χ0) is 16.6. The molecular formula is C14H19N3O5S. The van der Waals surface area contributed by atoms with Gasteiger partial charge in [-0.2, -0.15) is 4.68 Å². The quantitative estimate of drug-likeness (QED) is 0.833. The monoisotopic (exact) mass is 341 g/mol. The standard InChI is InChI=1S/C14H19N3O5S/c1-3-23(19,20)16-7-4-11(5-8-16)17-14(18)22-13(15-17)12-6-9-21-10(12)2/h6,9,11H,3-5,7-8H2,1-2H3. The van der Waals surface area contributed by atoms with Gasteiger partial charge < -0.3 is 8.83 Å². The maximum Gasteiger partial charge on any atom is 0.437 e. The predicted octanol–water partition coefficient (Wildman–Crippen LogP) is 1.39. The molecule has 1 saturated heterocycles. The molecule has 2 aromatic rings. The molecule has 9 heteroatoms. The molecular weight excluding hydrogens is 322 g/mol. The maximum atomic E-state index is 12.1. The van der Waals surface area contributed by atoms with Crippen molar-refractivity contribution in [3.8, 4) is 11.5 Å². The molecule has 0 amide bonds. The number of furan rings is 1. The second-order valence-electron chi connectivity index (χ2n) is 5.54. The van der Waals surface area contributed by atoms with Crippen LogP contribution in [0.1, 0.15) is 31.6 Å². The Morgan fingerprint density at radius 2 is 2.04 bits per heavy atom. The molecule has 8 nitrogen and oxygen atoms in total. The number of aromatic nitrogens is 2. The number of rotatable bonds is 4. The number of hydrogen-bond acceptors (Lipinski definition) is 6. The fourth-order valence-corrected chi connectivity index (χ4v) is 3.91. The van der Waals surface area contributed by atoms with Crippen molar-refractivity contribution in [2.75, 3.05) is 18.8 Å². The molecule has 3 heterocycles. The van der Waals surface area contributed by atoms with Crippen molar-refractivity contribution in [1.29, 1.82) is 0 Å². The minimum absolute atomic E-state index is 0.0888. The Labute approximate surface area is 133 Å². The van der Waals surface area contributed by atoms with Gasteiger partial charge in [0, 0.05) is 13.1 Å². The number of nitrogens with zero attached hydrogens (tertiary/aromatic N) is 3. The Bertz CT molecular complexity index is 840. The van der Waals surface area contributed by atoms with Crippen molar-refractivity contribution in [2.24, 2.45) is 0 Å². The number of piperidine rings is 1. The summed E-state index contributed by atoms with van der Waals surface area (Å²) in [7, 11) is -3.18. The lowest BCUT2D eigenvalue weighted by Gasteiger charge is -2.30. The molecule has 3 rings (SSSR count). The average Bonchev–Trinajstić information content (AvgIpc) is 3.13. The van der Waals surface area contributed by atoms with Gasteiger partial charge in [0.05, 0.1) is 23.6 Å². The van der Waals surface area contributed by atoms with Crippen molar-refractivity contribution < 1.29 is 17.3 Å². The van der Waals surface area contributed by atoms with Crippen LogP contribution < -0.4 is 5.76 Å². The molecule has 2 aromatic heterocycles. The molecule has 0 aromatic carbocycles. The molecule has 0 atom stereocenters. The molecule has 1 aliphatic rings. The fourth-order valence-electron chi connectivity index (χ4n) is 2.78. The van der Waals surface area contributed by atoms with E-state index >= 15 is 0 Å². The van der Waals surface area contributed by atoms with Crippen molar-refractivity contribution in [3.63, 3.8) is 0 Å². The highest BCUT2D eigenvalue weighted by Gasteiger charge is 2.29. The summed E-state index contributed by atoms with van der Waals surface area (Å²) in [5, 5.41) is 4.25. The highest BCUT2D eigenvalue weighted by Crippen LogP contribution is 2.25. The third-order valence-electron chi connectivity index (χ3n) is 4.19. The van der Waals surface area contributed by atoms with E-state index in [-0.39, 0.29) is 17.7 Å². The molecule has 0 radical (unpaired) electrons. The van der Waals surface area contributed by atoms with Crippen LogP contribution in [0.2, 0.25) is 0 Å². The lowest BCUT2D eigenvalue weighted by Crippen LogP contribution is -2.41. The molecule has 0 unspecified atom stereocenters. The second-order valence-corrected chi connectivity index (χ2v) is 7.80. The first-order valence-electron chi connectivity index (χ1n) is 7.54. The smallest absolute Gasteiger partial charge is 0.437 e. The van der Waals surface area contributed by atoms with Gasteiger partial charge in [0.2, 0.25) is 10.0 Å². The first-order valence-corrected chi connectivity index (χ1v) is 9.15. The summed E-state index contributed by atoms with van der Waals surface area (Å²) in [6.45, 7) is 4.17. The highest BCUT2D eigenvalue weighted by atomic mass is 32.2. The van der Waals surface area contributed by atoms with Gasteiger partial charge >= 0.3 is 5.76 Å². The Balaban J connectivity index is 1.78. The molecule has 1 fully saturated rings. The molecule has 0 bridgehead atoms. The number of sulfonamides is 1. The molecule has 23 heavy (non-hydrogen) atoms. The zero-order valence-corrected chi connectivity index (χ0v) is 13.9. The second kappa shape index (κ2) is 5.97. The van der Waals surface area contributed by atoms with E-state index in [4.69, 9.17) is 8.83 Å². The topological polar surface area (TPSA) is 98.6 Å². The van der Waals surface area contributed by atoms with Crippen LogP contribution in [-0.2, 0) is 10.0 Å². The van der Waals surface area contributed by atoms with Gasteiger partial charge in [0.15, 0.2) is 0 Å². The van der Waals surface area contributed by atoms with Crippen molar-refractivity contribution in [2.45, 2.75) is 32.7 Å². The number of aryl methyl sites for hydroxylation is 1. The van der Waals surface area contributed by atoms with Crippen LogP contribution in [-0.4, -0.2) is 41.3 Å². The minimum atomic E-state index is -3.18. The van der Waals surface area contributed by atoms with E-state index in [0.29, 0.717) is 37.3 Å². The van der Waals surface area contributed by atoms with E-state index in [1.54, 1.807) is 19.9 Å². The van der Waals surface area contributed by atoms with Crippen LogP contribution in [0.15, 0.2) is 26.0 Å². The Hall–Kier alpha value is -1.87. The average molecular weight is 341 g/mol. The van der Waals surface area contributed by atoms with Crippen LogP contribution in [0.25, 0.3) is 11.5 Å². The third kappa shape index (κ3) is 2.98. The maximum absolute atomic E-state index is 12.1. The van der Waals surface area contributed by atoms with Crippen LogP contribution in [0.4, 0.5) is 0 Å². The molecule has 0 saturated carbocycles. The lowest BCUT2D eigenvalue weighted by atomic mass is 10.1. The Morgan fingerprint density at radius 3 is 2.61 bits per heavy atom. The normalized spacial score (nSPS) is 17.7. The first kappa shape index (κ1) is 16.0. The minimum Gasteiger partial charge on any atom is -0.469 e. The van der Waals surface area contributed by atoms with Gasteiger partial charge in [-0.15, -0.1) is 5.10 Å². The molecule has 126 valence electrons. The Kier molecular flexibility index (Phi) is 4.15. The fraction of sp³-hybridized carbons (Fsp3) is 0.571. The van der Waals surface area contributed by atoms with Crippen LogP contribution in [0.3, 0.4) is 0 Å². The summed E-state index contributed by atoms with van der Waals surface area (Å²) < 4.78 is 36.9. The first-order chi connectivity index (χ1) is 10.9. The van der Waals surface area contributed by atoms with E-state index in [2.05, 4.69) is 5.10 Å². The molecule has 0 N–H and O–H groups in total. The van der Waals surface area contributed by atoms with Crippen LogP contribution in [0.5, 0.6) is 0 Å². The summed E-state index contributed by atoms with van der Waals surface area (Å²) in [5.41, 5.74) is 0.645. The molecule has 0 aliphatic carbocycles.